The van der Waals surface area contributed by atoms with Crippen molar-refractivity contribution in [1.82, 2.24) is 5.32 Å². The van der Waals surface area contributed by atoms with Crippen LogP contribution in [0.25, 0.3) is 0 Å². The molecule has 0 atom stereocenters. The molecule has 1 aromatic carbocycles. The predicted molar refractivity (Wildman–Crippen MR) is 61.0 cm³/mol. The monoisotopic (exact) mass is 275 g/mol. The first-order chi connectivity index (χ1) is 8.83. The van der Waals surface area contributed by atoms with Gasteiger partial charge < -0.3 is 5.32 Å². The highest BCUT2D eigenvalue weighted by Crippen LogP contribution is 2.44. The molecule has 1 aromatic rings. The zero-order chi connectivity index (χ0) is 14.1. The van der Waals surface area contributed by atoms with Crippen molar-refractivity contribution in [2.75, 3.05) is 6.54 Å². The van der Waals surface area contributed by atoms with Crippen molar-refractivity contribution < 1.29 is 22.4 Å². The predicted octanol–water partition coefficient (Wildman–Crippen LogP) is 2.93. The quantitative estimate of drug-likeness (QED) is 0.844. The minimum absolute atomic E-state index is 0.436. The number of amides is 1. The summed E-state index contributed by atoms with van der Waals surface area (Å²) in [6.45, 7) is -1.34. The van der Waals surface area contributed by atoms with E-state index in [1.54, 1.807) is 0 Å². The molecule has 2 nitrogen and oxygen atoms in total. The minimum Gasteiger partial charge on any atom is -0.346 e. The summed E-state index contributed by atoms with van der Waals surface area (Å²) in [6.07, 6.45) is -2.68. The van der Waals surface area contributed by atoms with Gasteiger partial charge in [0, 0.05) is 0 Å². The van der Waals surface area contributed by atoms with E-state index < -0.39 is 29.9 Å². The van der Waals surface area contributed by atoms with E-state index in [0.717, 1.165) is 6.42 Å². The van der Waals surface area contributed by atoms with Gasteiger partial charge in [-0.15, -0.1) is 0 Å². The van der Waals surface area contributed by atoms with Crippen LogP contribution in [0.15, 0.2) is 24.3 Å². The first-order valence-corrected chi connectivity index (χ1v) is 5.95. The van der Waals surface area contributed by atoms with Gasteiger partial charge >= 0.3 is 6.18 Å². The van der Waals surface area contributed by atoms with Crippen LogP contribution in [0.1, 0.15) is 24.8 Å². The lowest BCUT2D eigenvalue weighted by atomic mass is 9.64. The van der Waals surface area contributed by atoms with Gasteiger partial charge in [-0.1, -0.05) is 18.6 Å². The fraction of sp³-hybridized carbons (Fsp3) is 0.462. The van der Waals surface area contributed by atoms with Crippen LogP contribution in [0, 0.1) is 5.82 Å². The van der Waals surface area contributed by atoms with Gasteiger partial charge in [-0.25, -0.2) is 4.39 Å². The molecule has 0 aromatic heterocycles. The van der Waals surface area contributed by atoms with E-state index in [0.29, 0.717) is 18.4 Å². The third kappa shape index (κ3) is 2.88. The second-order valence-electron chi connectivity index (χ2n) is 4.74. The number of benzene rings is 1. The molecule has 2 rings (SSSR count). The average molecular weight is 275 g/mol. The summed E-state index contributed by atoms with van der Waals surface area (Å²) in [7, 11) is 0. The summed E-state index contributed by atoms with van der Waals surface area (Å²) in [5.74, 6) is -1.07. The van der Waals surface area contributed by atoms with Crippen molar-refractivity contribution in [3.05, 3.63) is 35.6 Å². The fourth-order valence-corrected chi connectivity index (χ4v) is 2.30. The average Bonchev–Trinajstić information content (AvgIpc) is 2.26. The number of alkyl halides is 3. The number of rotatable bonds is 3. The highest BCUT2D eigenvalue weighted by atomic mass is 19.4. The second kappa shape index (κ2) is 4.83. The lowest BCUT2D eigenvalue weighted by Gasteiger charge is -2.40. The third-order valence-electron chi connectivity index (χ3n) is 3.49. The van der Waals surface area contributed by atoms with Crippen molar-refractivity contribution in [1.29, 1.82) is 0 Å². The summed E-state index contributed by atoms with van der Waals surface area (Å²) < 4.78 is 49.2. The first-order valence-electron chi connectivity index (χ1n) is 5.95. The molecule has 0 spiro atoms. The molecule has 1 fully saturated rings. The van der Waals surface area contributed by atoms with E-state index in [-0.39, 0.29) is 0 Å². The Kier molecular flexibility index (Phi) is 3.52. The summed E-state index contributed by atoms with van der Waals surface area (Å²) in [6, 6.07) is 5.35. The molecular weight excluding hydrogens is 262 g/mol. The number of hydrogen-bond donors (Lipinski definition) is 1. The van der Waals surface area contributed by atoms with Crippen LogP contribution in [-0.2, 0) is 10.2 Å². The number of carbonyl (C=O) groups is 1. The normalized spacial score (nSPS) is 17.7. The molecule has 1 aliphatic carbocycles. The largest absolute Gasteiger partial charge is 0.405 e. The van der Waals surface area contributed by atoms with Crippen molar-refractivity contribution >= 4 is 5.91 Å². The van der Waals surface area contributed by atoms with E-state index in [4.69, 9.17) is 0 Å². The van der Waals surface area contributed by atoms with Gasteiger partial charge in [0.15, 0.2) is 0 Å². The highest BCUT2D eigenvalue weighted by molar-refractivity contribution is 5.89. The van der Waals surface area contributed by atoms with Crippen LogP contribution in [0.5, 0.6) is 0 Å². The van der Waals surface area contributed by atoms with E-state index in [1.165, 1.54) is 24.3 Å². The molecule has 0 saturated heterocycles. The Labute approximate surface area is 107 Å². The molecule has 0 aliphatic heterocycles. The Morgan fingerprint density at radius 1 is 1.21 bits per heavy atom. The van der Waals surface area contributed by atoms with Gasteiger partial charge in [-0.05, 0) is 30.5 Å². The van der Waals surface area contributed by atoms with E-state index >= 15 is 0 Å². The lowest BCUT2D eigenvalue weighted by molar-refractivity contribution is -0.144. The SMILES string of the molecule is O=C(NCC(F)(F)F)C1(c2ccc(F)cc2)CCC1. The molecule has 0 unspecified atom stereocenters. The van der Waals surface area contributed by atoms with Crippen molar-refractivity contribution in [2.24, 2.45) is 0 Å². The Bertz CT molecular complexity index is 463. The topological polar surface area (TPSA) is 29.1 Å². The van der Waals surface area contributed by atoms with Gasteiger partial charge in [0.2, 0.25) is 5.91 Å². The van der Waals surface area contributed by atoms with Crippen LogP contribution in [0.4, 0.5) is 17.6 Å². The maximum atomic E-state index is 12.9. The van der Waals surface area contributed by atoms with E-state index in [2.05, 4.69) is 0 Å². The van der Waals surface area contributed by atoms with Gasteiger partial charge in [0.1, 0.15) is 12.4 Å². The maximum Gasteiger partial charge on any atom is 0.405 e. The van der Waals surface area contributed by atoms with Crippen LogP contribution in [0.2, 0.25) is 0 Å². The van der Waals surface area contributed by atoms with Crippen LogP contribution >= 0.6 is 0 Å². The van der Waals surface area contributed by atoms with Crippen molar-refractivity contribution in [3.8, 4) is 0 Å². The zero-order valence-corrected chi connectivity index (χ0v) is 10.1. The number of nitrogens with one attached hydrogen (secondary N) is 1. The van der Waals surface area contributed by atoms with Crippen LogP contribution in [0.3, 0.4) is 0 Å². The van der Waals surface area contributed by atoms with Crippen molar-refractivity contribution in [3.63, 3.8) is 0 Å². The molecule has 104 valence electrons. The molecule has 6 heteroatoms. The molecule has 1 saturated carbocycles. The van der Waals surface area contributed by atoms with Gasteiger partial charge in [0.25, 0.3) is 0 Å². The van der Waals surface area contributed by atoms with Gasteiger partial charge in [-0.2, -0.15) is 13.2 Å². The summed E-state index contributed by atoms with van der Waals surface area (Å²) >= 11 is 0. The second-order valence-corrected chi connectivity index (χ2v) is 4.74. The van der Waals surface area contributed by atoms with E-state index in [1.807, 2.05) is 5.32 Å². The summed E-state index contributed by atoms with van der Waals surface area (Å²) in [4.78, 5) is 12.0. The summed E-state index contributed by atoms with van der Waals surface area (Å²) in [5, 5.41) is 1.92. The van der Waals surface area contributed by atoms with Gasteiger partial charge in [0.05, 0.1) is 5.41 Å². The van der Waals surface area contributed by atoms with E-state index in [9.17, 15) is 22.4 Å². The van der Waals surface area contributed by atoms with Crippen molar-refractivity contribution in [2.45, 2.75) is 30.9 Å². The molecule has 0 radical (unpaired) electrons. The minimum atomic E-state index is -4.43. The lowest BCUT2D eigenvalue weighted by Crippen LogP contribution is -2.51. The van der Waals surface area contributed by atoms with Gasteiger partial charge in [-0.3, -0.25) is 4.79 Å². The Hall–Kier alpha value is -1.59. The molecule has 0 bridgehead atoms. The fourth-order valence-electron chi connectivity index (χ4n) is 2.30. The summed E-state index contributed by atoms with van der Waals surface area (Å²) in [5.41, 5.74) is -0.362. The number of hydrogen-bond acceptors (Lipinski definition) is 1. The highest BCUT2D eigenvalue weighted by Gasteiger charge is 2.46. The smallest absolute Gasteiger partial charge is 0.346 e. The van der Waals surface area contributed by atoms with Crippen LogP contribution in [-0.4, -0.2) is 18.6 Å². The molecular formula is C13H13F4NO. The molecule has 1 amide bonds. The number of carbonyl (C=O) groups excluding carboxylic acids is 1. The standard InChI is InChI=1S/C13H13F4NO/c14-10-4-2-9(3-5-10)12(6-1-7-12)11(19)18-8-13(15,16)17/h2-5H,1,6-8H2,(H,18,19). The number of halogens is 4. The zero-order valence-electron chi connectivity index (χ0n) is 10.1. The molecule has 1 N–H and O–H groups in total. The molecule has 0 heterocycles. The Balaban J connectivity index is 2.14. The third-order valence-corrected chi connectivity index (χ3v) is 3.49. The Morgan fingerprint density at radius 3 is 2.21 bits per heavy atom. The first kappa shape index (κ1) is 13.8. The Morgan fingerprint density at radius 2 is 1.79 bits per heavy atom. The molecule has 1 aliphatic rings. The maximum absolute atomic E-state index is 12.9. The van der Waals surface area contributed by atoms with Crippen LogP contribution < -0.4 is 5.32 Å². The molecule has 19 heavy (non-hydrogen) atoms.